The highest BCUT2D eigenvalue weighted by atomic mass is 32.2. The predicted molar refractivity (Wildman–Crippen MR) is 73.3 cm³/mol. The molecule has 9 heteroatoms. The molecule has 1 saturated heterocycles. The second-order valence-electron chi connectivity index (χ2n) is 5.10. The average molecular weight is 332 g/mol. The number of halogens is 2. The molecule has 6 nitrogen and oxygen atoms in total. The highest BCUT2D eigenvalue weighted by Gasteiger charge is 2.29. The Balaban J connectivity index is 1.83. The van der Waals surface area contributed by atoms with Crippen LogP contribution in [0.3, 0.4) is 0 Å². The van der Waals surface area contributed by atoms with E-state index in [-0.39, 0.29) is 29.4 Å². The summed E-state index contributed by atoms with van der Waals surface area (Å²) in [6.45, 7) is 0. The molecule has 0 saturated carbocycles. The zero-order chi connectivity index (χ0) is 16.3. The normalized spacial score (nSPS) is 19.6. The number of nitrogens with one attached hydrogen (secondary N) is 2. The fraction of sp³-hybridized carbons (Fsp3) is 0.385. The smallest absolute Gasteiger partial charge is 0.269 e. The molecule has 0 radical (unpaired) electrons. The minimum absolute atomic E-state index is 0.0305. The molecule has 0 bridgehead atoms. The molecule has 1 aromatic carbocycles. The van der Waals surface area contributed by atoms with Gasteiger partial charge in [0.05, 0.1) is 11.5 Å². The van der Waals surface area contributed by atoms with Crippen LogP contribution in [0.4, 0.5) is 8.78 Å². The molecular weight excluding hydrogens is 318 g/mol. The molecule has 1 fully saturated rings. The number of rotatable bonds is 3. The predicted octanol–water partition coefficient (Wildman–Crippen LogP) is 0.551. The van der Waals surface area contributed by atoms with E-state index in [1.807, 2.05) is 0 Å². The molecule has 1 atom stereocenters. The lowest BCUT2D eigenvalue weighted by molar-refractivity contribution is -0.122. The summed E-state index contributed by atoms with van der Waals surface area (Å²) in [7, 11) is -3.07. The maximum absolute atomic E-state index is 13.0. The fourth-order valence-corrected chi connectivity index (χ4v) is 4.04. The van der Waals surface area contributed by atoms with Gasteiger partial charge in [0.25, 0.3) is 5.91 Å². The standard InChI is InChI=1S/C13H14F2N2O4S/c14-10-2-1-9(6-11(10)15)13(19)17-16-12(18)5-8-3-4-22(20,21)7-8/h1-2,6,8H,3-5,7H2,(H,16,18)(H,17,19)/t8-/m1/s1. The second kappa shape index (κ2) is 6.39. The highest BCUT2D eigenvalue weighted by molar-refractivity contribution is 7.91. The first-order valence-corrected chi connectivity index (χ1v) is 8.33. The lowest BCUT2D eigenvalue weighted by atomic mass is 10.1. The molecule has 1 aliphatic heterocycles. The Kier molecular flexibility index (Phi) is 4.74. The van der Waals surface area contributed by atoms with Crippen LogP contribution in [0.2, 0.25) is 0 Å². The van der Waals surface area contributed by atoms with E-state index in [0.29, 0.717) is 12.5 Å². The van der Waals surface area contributed by atoms with Crippen LogP contribution in [-0.4, -0.2) is 31.7 Å². The van der Waals surface area contributed by atoms with E-state index in [4.69, 9.17) is 0 Å². The van der Waals surface area contributed by atoms with E-state index in [0.717, 1.165) is 12.1 Å². The van der Waals surface area contributed by atoms with Gasteiger partial charge in [-0.05, 0) is 30.5 Å². The number of sulfone groups is 1. The van der Waals surface area contributed by atoms with Gasteiger partial charge in [0.1, 0.15) is 0 Å². The van der Waals surface area contributed by atoms with Crippen molar-refractivity contribution in [2.45, 2.75) is 12.8 Å². The van der Waals surface area contributed by atoms with Crippen molar-refractivity contribution >= 4 is 21.7 Å². The van der Waals surface area contributed by atoms with Crippen molar-refractivity contribution in [1.29, 1.82) is 0 Å². The van der Waals surface area contributed by atoms with Crippen molar-refractivity contribution in [2.75, 3.05) is 11.5 Å². The summed E-state index contributed by atoms with van der Waals surface area (Å²) < 4.78 is 48.3. The number of hydrogen-bond donors (Lipinski definition) is 2. The third-order valence-electron chi connectivity index (χ3n) is 3.30. The van der Waals surface area contributed by atoms with Crippen LogP contribution >= 0.6 is 0 Å². The summed E-state index contributed by atoms with van der Waals surface area (Å²) in [4.78, 5) is 23.3. The molecule has 1 aliphatic rings. The monoisotopic (exact) mass is 332 g/mol. The Bertz CT molecular complexity index is 706. The highest BCUT2D eigenvalue weighted by Crippen LogP contribution is 2.21. The van der Waals surface area contributed by atoms with Crippen LogP contribution in [-0.2, 0) is 14.6 Å². The maximum Gasteiger partial charge on any atom is 0.269 e. The Morgan fingerprint density at radius 2 is 1.91 bits per heavy atom. The van der Waals surface area contributed by atoms with Crippen LogP contribution < -0.4 is 10.9 Å². The molecule has 22 heavy (non-hydrogen) atoms. The molecule has 0 aliphatic carbocycles. The van der Waals surface area contributed by atoms with Gasteiger partial charge in [0.15, 0.2) is 21.5 Å². The summed E-state index contributed by atoms with van der Waals surface area (Å²) in [5.74, 6) is -3.85. The van der Waals surface area contributed by atoms with Crippen molar-refractivity contribution in [1.82, 2.24) is 10.9 Å². The van der Waals surface area contributed by atoms with E-state index in [2.05, 4.69) is 10.9 Å². The Labute approximate surface area is 125 Å². The maximum atomic E-state index is 13.0. The van der Waals surface area contributed by atoms with Crippen molar-refractivity contribution in [3.63, 3.8) is 0 Å². The van der Waals surface area contributed by atoms with Crippen molar-refractivity contribution in [3.05, 3.63) is 35.4 Å². The molecule has 0 aromatic heterocycles. The zero-order valence-corrected chi connectivity index (χ0v) is 12.3. The first-order chi connectivity index (χ1) is 10.3. The van der Waals surface area contributed by atoms with Crippen molar-refractivity contribution in [2.24, 2.45) is 5.92 Å². The molecule has 0 unspecified atom stereocenters. The number of carbonyl (C=O) groups is 2. The summed E-state index contributed by atoms with van der Waals surface area (Å²) >= 11 is 0. The largest absolute Gasteiger partial charge is 0.273 e. The molecule has 120 valence electrons. The SMILES string of the molecule is O=C(C[C@H]1CCS(=O)(=O)C1)NNC(=O)c1ccc(F)c(F)c1. The summed E-state index contributed by atoms with van der Waals surface area (Å²) in [6, 6.07) is 2.58. The number of hydrogen-bond acceptors (Lipinski definition) is 4. The van der Waals surface area contributed by atoms with Gasteiger partial charge in [-0.1, -0.05) is 0 Å². The molecular formula is C13H14F2N2O4S. The van der Waals surface area contributed by atoms with E-state index in [1.165, 1.54) is 0 Å². The lowest BCUT2D eigenvalue weighted by Crippen LogP contribution is -2.42. The number of hydrazine groups is 1. The van der Waals surface area contributed by atoms with Crippen LogP contribution in [0.25, 0.3) is 0 Å². The van der Waals surface area contributed by atoms with Gasteiger partial charge in [-0.2, -0.15) is 0 Å². The molecule has 1 heterocycles. The van der Waals surface area contributed by atoms with E-state index < -0.39 is 33.3 Å². The average Bonchev–Trinajstić information content (AvgIpc) is 2.78. The van der Waals surface area contributed by atoms with Gasteiger partial charge in [0, 0.05) is 12.0 Å². The Morgan fingerprint density at radius 1 is 1.18 bits per heavy atom. The van der Waals surface area contributed by atoms with Gasteiger partial charge in [0.2, 0.25) is 5.91 Å². The molecule has 2 N–H and O–H groups in total. The van der Waals surface area contributed by atoms with Gasteiger partial charge in [-0.25, -0.2) is 17.2 Å². The first kappa shape index (κ1) is 16.3. The van der Waals surface area contributed by atoms with E-state index in [9.17, 15) is 26.8 Å². The number of carbonyl (C=O) groups excluding carboxylic acids is 2. The van der Waals surface area contributed by atoms with Crippen LogP contribution in [0.5, 0.6) is 0 Å². The van der Waals surface area contributed by atoms with E-state index >= 15 is 0 Å². The van der Waals surface area contributed by atoms with Crippen LogP contribution in [0.15, 0.2) is 18.2 Å². The summed E-state index contributed by atoms with van der Waals surface area (Å²) in [6.07, 6.45) is 0.379. The third kappa shape index (κ3) is 4.23. The third-order valence-corrected chi connectivity index (χ3v) is 5.14. The molecule has 2 amide bonds. The fourth-order valence-electron chi connectivity index (χ4n) is 2.18. The first-order valence-electron chi connectivity index (χ1n) is 6.51. The van der Waals surface area contributed by atoms with Crippen molar-refractivity contribution < 1.29 is 26.8 Å². The van der Waals surface area contributed by atoms with Crippen LogP contribution in [0, 0.1) is 17.6 Å². The zero-order valence-electron chi connectivity index (χ0n) is 11.4. The number of benzene rings is 1. The Hall–Kier alpha value is -2.03. The number of amides is 2. The summed E-state index contributed by atoms with van der Waals surface area (Å²) in [5.41, 5.74) is 4.03. The lowest BCUT2D eigenvalue weighted by Gasteiger charge is -2.10. The molecule has 1 aromatic rings. The van der Waals surface area contributed by atoms with Gasteiger partial charge in [-0.3, -0.25) is 20.4 Å². The van der Waals surface area contributed by atoms with Gasteiger partial charge >= 0.3 is 0 Å². The molecule has 2 rings (SSSR count). The summed E-state index contributed by atoms with van der Waals surface area (Å²) in [5, 5.41) is 0. The van der Waals surface area contributed by atoms with E-state index in [1.54, 1.807) is 0 Å². The second-order valence-corrected chi connectivity index (χ2v) is 7.33. The Morgan fingerprint density at radius 3 is 2.50 bits per heavy atom. The quantitative estimate of drug-likeness (QED) is 0.791. The minimum Gasteiger partial charge on any atom is -0.273 e. The van der Waals surface area contributed by atoms with Gasteiger partial charge in [-0.15, -0.1) is 0 Å². The topological polar surface area (TPSA) is 92.3 Å². The minimum atomic E-state index is -3.07. The van der Waals surface area contributed by atoms with Crippen molar-refractivity contribution in [3.8, 4) is 0 Å². The van der Waals surface area contributed by atoms with Gasteiger partial charge < -0.3 is 0 Å². The molecule has 0 spiro atoms. The van der Waals surface area contributed by atoms with Crippen LogP contribution in [0.1, 0.15) is 23.2 Å².